The number of likely N-dealkylation sites (tertiary alicyclic amines) is 1. The highest BCUT2D eigenvalue weighted by molar-refractivity contribution is 5.99. The van der Waals surface area contributed by atoms with Crippen molar-refractivity contribution in [3.8, 4) is 11.3 Å². The van der Waals surface area contributed by atoms with E-state index >= 15 is 0 Å². The third kappa shape index (κ3) is 3.82. The normalized spacial score (nSPS) is 30.1. The molecule has 12 nitrogen and oxygen atoms in total. The second kappa shape index (κ2) is 8.62. The van der Waals surface area contributed by atoms with Crippen molar-refractivity contribution in [3.05, 3.63) is 24.8 Å². The molecule has 2 fully saturated rings. The number of nitrogens with one attached hydrogen (secondary N) is 1. The molecule has 0 aromatic carbocycles. The molecule has 0 saturated carbocycles. The van der Waals surface area contributed by atoms with Crippen LogP contribution in [0.4, 0.5) is 5.82 Å². The van der Waals surface area contributed by atoms with Gasteiger partial charge in [-0.05, 0) is 32.9 Å². The Kier molecular flexibility index (Phi) is 5.76. The molecule has 5 heterocycles. The highest BCUT2D eigenvalue weighted by Crippen LogP contribution is 2.38. The summed E-state index contributed by atoms with van der Waals surface area (Å²) in [4.78, 5) is 23.7. The van der Waals surface area contributed by atoms with E-state index in [1.807, 2.05) is 6.07 Å². The topological polar surface area (TPSA) is 157 Å². The van der Waals surface area contributed by atoms with Gasteiger partial charge in [-0.1, -0.05) is 0 Å². The molecule has 5 rings (SSSR count). The summed E-state index contributed by atoms with van der Waals surface area (Å²) < 4.78 is 9.18. The lowest BCUT2D eigenvalue weighted by Crippen LogP contribution is -2.51. The Hall–Kier alpha value is -3.06. The number of amides is 1. The molecule has 5 N–H and O–H groups in total. The summed E-state index contributed by atoms with van der Waals surface area (Å²) in [6.07, 6.45) is 1.43. The first-order valence-electron chi connectivity index (χ1n) is 11.4. The number of anilines is 1. The predicted molar refractivity (Wildman–Crippen MR) is 123 cm³/mol. The number of aliphatic hydroxyl groups excluding tert-OH is 2. The Morgan fingerprint density at radius 1 is 1.26 bits per heavy atom. The van der Waals surface area contributed by atoms with Crippen molar-refractivity contribution in [1.29, 1.82) is 0 Å². The Bertz CT molecular complexity index is 1210. The molecular formula is C22H30N8O4. The standard InChI is InChI=1S/C22H30N8O4/c1-11-8-12(4-6-28(11)2)26-21(33)18-16(31)17(32)22(34-18)30-9-13(14-5-7-29(3)27-14)15-19(23)24-10-25-20(15)30/h5,7,9-12,16-18,22,31-32H,4,6,8H2,1-3H3,(H,26,33)(H2,23,24,25)/t11-,12+,16+,17-,18+,22-/m1/s1. The molecule has 182 valence electrons. The van der Waals surface area contributed by atoms with Gasteiger partial charge in [0, 0.05) is 43.6 Å². The molecule has 1 amide bonds. The highest BCUT2D eigenvalue weighted by atomic mass is 16.6. The summed E-state index contributed by atoms with van der Waals surface area (Å²) in [5, 5.41) is 29.5. The summed E-state index contributed by atoms with van der Waals surface area (Å²) in [7, 11) is 3.86. The molecule has 34 heavy (non-hydrogen) atoms. The van der Waals surface area contributed by atoms with Crippen LogP contribution in [0.15, 0.2) is 24.8 Å². The van der Waals surface area contributed by atoms with Crippen LogP contribution in [-0.4, -0.2) is 89.3 Å². The van der Waals surface area contributed by atoms with Crippen molar-refractivity contribution < 1.29 is 19.7 Å². The SMILES string of the molecule is C[C@@H]1C[C@@H](NC(=O)[C@H]2O[C@@H](n3cc(-c4ccn(C)n4)c4c(N)ncnc43)[C@H](O)[C@@H]2O)CCN1C. The van der Waals surface area contributed by atoms with Gasteiger partial charge in [0.1, 0.15) is 30.0 Å². The van der Waals surface area contributed by atoms with Crippen LogP contribution in [0.1, 0.15) is 26.0 Å². The molecule has 0 spiro atoms. The molecule has 0 bridgehead atoms. The van der Waals surface area contributed by atoms with E-state index in [4.69, 9.17) is 10.5 Å². The van der Waals surface area contributed by atoms with Crippen molar-refractivity contribution in [1.82, 2.24) is 34.5 Å². The third-order valence-corrected chi connectivity index (χ3v) is 6.95. The van der Waals surface area contributed by atoms with Crippen molar-refractivity contribution in [2.45, 2.75) is 56.4 Å². The van der Waals surface area contributed by atoms with Crippen molar-refractivity contribution in [2.24, 2.45) is 7.05 Å². The van der Waals surface area contributed by atoms with Crippen LogP contribution < -0.4 is 11.1 Å². The number of aromatic nitrogens is 5. The number of nitrogen functional groups attached to an aromatic ring is 1. The van der Waals surface area contributed by atoms with Gasteiger partial charge in [-0.15, -0.1) is 0 Å². The van der Waals surface area contributed by atoms with Gasteiger partial charge >= 0.3 is 0 Å². The summed E-state index contributed by atoms with van der Waals surface area (Å²) in [6, 6.07) is 2.15. The van der Waals surface area contributed by atoms with Crippen molar-refractivity contribution in [3.63, 3.8) is 0 Å². The van der Waals surface area contributed by atoms with Gasteiger partial charge in [-0.3, -0.25) is 9.48 Å². The monoisotopic (exact) mass is 470 g/mol. The number of rotatable bonds is 4. The average Bonchev–Trinajstić information content (AvgIpc) is 3.48. The van der Waals surface area contributed by atoms with Crippen molar-refractivity contribution >= 4 is 22.8 Å². The third-order valence-electron chi connectivity index (χ3n) is 6.95. The van der Waals surface area contributed by atoms with E-state index in [2.05, 4.69) is 39.3 Å². The second-order valence-electron chi connectivity index (χ2n) is 9.27. The van der Waals surface area contributed by atoms with E-state index in [9.17, 15) is 15.0 Å². The first-order chi connectivity index (χ1) is 16.2. The summed E-state index contributed by atoms with van der Waals surface area (Å²) in [5.41, 5.74) is 7.87. The first-order valence-corrected chi connectivity index (χ1v) is 11.4. The molecule has 0 radical (unpaired) electrons. The number of hydrogen-bond acceptors (Lipinski definition) is 9. The molecule has 12 heteroatoms. The number of aryl methyl sites for hydroxylation is 1. The second-order valence-corrected chi connectivity index (χ2v) is 9.27. The molecule has 6 atom stereocenters. The van der Waals surface area contributed by atoms with Gasteiger partial charge in [-0.25, -0.2) is 9.97 Å². The molecular weight excluding hydrogens is 440 g/mol. The summed E-state index contributed by atoms with van der Waals surface area (Å²) in [5.74, 6) is -0.186. The number of carbonyl (C=O) groups is 1. The van der Waals surface area contributed by atoms with Crippen LogP contribution in [0.2, 0.25) is 0 Å². The molecule has 0 aliphatic carbocycles. The fraction of sp³-hybridized carbons (Fsp3) is 0.545. The lowest BCUT2D eigenvalue weighted by atomic mass is 9.98. The zero-order valence-corrected chi connectivity index (χ0v) is 19.4. The van der Waals surface area contributed by atoms with Crippen LogP contribution in [0, 0.1) is 0 Å². The smallest absolute Gasteiger partial charge is 0.252 e. The average molecular weight is 471 g/mol. The summed E-state index contributed by atoms with van der Waals surface area (Å²) >= 11 is 0. The number of nitrogens with zero attached hydrogens (tertiary/aromatic N) is 6. The Labute approximate surface area is 196 Å². The minimum Gasteiger partial charge on any atom is -0.387 e. The van der Waals surface area contributed by atoms with Gasteiger partial charge in [0.15, 0.2) is 12.3 Å². The van der Waals surface area contributed by atoms with Crippen LogP contribution in [0.5, 0.6) is 0 Å². The number of nitrogens with two attached hydrogens (primary N) is 1. The van der Waals surface area contributed by atoms with E-state index < -0.39 is 30.4 Å². The quantitative estimate of drug-likeness (QED) is 0.399. The molecule has 3 aromatic rings. The molecule has 2 aliphatic rings. The van der Waals surface area contributed by atoms with E-state index in [1.165, 1.54) is 6.33 Å². The Morgan fingerprint density at radius 2 is 2.06 bits per heavy atom. The van der Waals surface area contributed by atoms with E-state index in [0.29, 0.717) is 28.3 Å². The molecule has 2 saturated heterocycles. The van der Waals surface area contributed by atoms with Crippen LogP contribution >= 0.6 is 0 Å². The van der Waals surface area contributed by atoms with Crippen LogP contribution in [-0.2, 0) is 16.6 Å². The Balaban J connectivity index is 1.43. The fourth-order valence-corrected chi connectivity index (χ4v) is 4.87. The zero-order valence-electron chi connectivity index (χ0n) is 19.4. The van der Waals surface area contributed by atoms with E-state index in [1.54, 1.807) is 28.7 Å². The van der Waals surface area contributed by atoms with Crippen molar-refractivity contribution in [2.75, 3.05) is 19.3 Å². The van der Waals surface area contributed by atoms with Crippen LogP contribution in [0.3, 0.4) is 0 Å². The number of carbonyl (C=O) groups excluding carboxylic acids is 1. The Morgan fingerprint density at radius 3 is 2.76 bits per heavy atom. The molecule has 2 aliphatic heterocycles. The minimum absolute atomic E-state index is 0.0126. The maximum absolute atomic E-state index is 13.0. The predicted octanol–water partition coefficient (Wildman–Crippen LogP) is -0.368. The molecule has 0 unspecified atom stereocenters. The van der Waals surface area contributed by atoms with E-state index in [0.717, 1.165) is 19.4 Å². The number of aliphatic hydroxyl groups is 2. The maximum Gasteiger partial charge on any atom is 0.252 e. The summed E-state index contributed by atoms with van der Waals surface area (Å²) in [6.45, 7) is 2.99. The van der Waals surface area contributed by atoms with Gasteiger partial charge in [0.05, 0.1) is 11.1 Å². The lowest BCUT2D eigenvalue weighted by Gasteiger charge is -2.35. The largest absolute Gasteiger partial charge is 0.387 e. The van der Waals surface area contributed by atoms with Gasteiger partial charge in [-0.2, -0.15) is 5.10 Å². The number of piperidine rings is 1. The number of hydrogen-bond donors (Lipinski definition) is 4. The number of ether oxygens (including phenoxy) is 1. The fourth-order valence-electron chi connectivity index (χ4n) is 4.87. The minimum atomic E-state index is -1.40. The van der Waals surface area contributed by atoms with Gasteiger partial charge in [0.25, 0.3) is 5.91 Å². The van der Waals surface area contributed by atoms with Crippen LogP contribution in [0.25, 0.3) is 22.3 Å². The van der Waals surface area contributed by atoms with Gasteiger partial charge < -0.3 is 35.5 Å². The zero-order chi connectivity index (χ0) is 24.1. The first kappa shape index (κ1) is 22.7. The number of fused-ring (bicyclic) bond motifs is 1. The van der Waals surface area contributed by atoms with E-state index in [-0.39, 0.29) is 11.9 Å². The maximum atomic E-state index is 13.0. The van der Waals surface area contributed by atoms with Gasteiger partial charge in [0.2, 0.25) is 0 Å². The lowest BCUT2D eigenvalue weighted by molar-refractivity contribution is -0.138. The highest BCUT2D eigenvalue weighted by Gasteiger charge is 2.48. The molecule has 3 aromatic heterocycles.